The van der Waals surface area contributed by atoms with E-state index in [0.717, 1.165) is 6.54 Å². The summed E-state index contributed by atoms with van der Waals surface area (Å²) >= 11 is 0. The molecule has 8 heavy (non-hydrogen) atoms. The van der Waals surface area contributed by atoms with Crippen molar-refractivity contribution in [2.45, 2.75) is 12.0 Å². The van der Waals surface area contributed by atoms with Crippen LogP contribution in [0.2, 0.25) is 0 Å². The lowest BCUT2D eigenvalue weighted by atomic mass is 10.1. The normalized spacial score (nSPS) is 37.0. The maximum absolute atomic E-state index is 9.11. The van der Waals surface area contributed by atoms with Gasteiger partial charge in [0.25, 0.3) is 0 Å². The number of quaternary nitrogens is 1. The highest BCUT2D eigenvalue weighted by Crippen LogP contribution is 2.06. The summed E-state index contributed by atoms with van der Waals surface area (Å²) in [4.78, 5) is 0. The van der Waals surface area contributed by atoms with E-state index in [-0.39, 0.29) is 0 Å². The molecule has 1 fully saturated rings. The molecule has 0 saturated carbocycles. The fraction of sp³-hybridized carbons (Fsp3) is 0.800. The Kier molecular flexibility index (Phi) is 1.20. The van der Waals surface area contributed by atoms with Gasteiger partial charge in [0.1, 0.15) is 12.6 Å². The van der Waals surface area contributed by atoms with Crippen LogP contribution >= 0.6 is 0 Å². The molecule has 3 N–H and O–H groups in total. The third-order valence-corrected chi connectivity index (χ3v) is 1.45. The van der Waals surface area contributed by atoms with Gasteiger partial charge in [0.15, 0.2) is 0 Å². The molecule has 0 aromatic carbocycles. The standard InChI is InChI=1S/C5H8N2O/c6-3-5(8)1-2-7-4-5/h7-8H,1-2,4H2/p+1. The van der Waals surface area contributed by atoms with E-state index in [0.29, 0.717) is 13.0 Å². The third-order valence-electron chi connectivity index (χ3n) is 1.45. The van der Waals surface area contributed by atoms with Gasteiger partial charge in [-0.25, -0.2) is 0 Å². The van der Waals surface area contributed by atoms with Crippen molar-refractivity contribution in [1.82, 2.24) is 0 Å². The molecule has 1 atom stereocenters. The number of nitrogens with zero attached hydrogens (tertiary/aromatic N) is 1. The predicted molar refractivity (Wildman–Crippen MR) is 26.8 cm³/mol. The highest BCUT2D eigenvalue weighted by Gasteiger charge is 2.34. The smallest absolute Gasteiger partial charge is 0.205 e. The van der Waals surface area contributed by atoms with Crippen molar-refractivity contribution in [3.63, 3.8) is 0 Å². The number of nitriles is 1. The molecular formula is C5H9N2O+. The van der Waals surface area contributed by atoms with Crippen molar-refractivity contribution in [2.75, 3.05) is 13.1 Å². The van der Waals surface area contributed by atoms with E-state index in [9.17, 15) is 0 Å². The summed E-state index contributed by atoms with van der Waals surface area (Å²) in [6.45, 7) is 1.42. The molecule has 1 saturated heterocycles. The maximum Gasteiger partial charge on any atom is 0.205 e. The Bertz CT molecular complexity index is 121. The van der Waals surface area contributed by atoms with Crippen molar-refractivity contribution in [3.8, 4) is 6.07 Å². The van der Waals surface area contributed by atoms with Crippen LogP contribution in [0.4, 0.5) is 0 Å². The summed E-state index contributed by atoms with van der Waals surface area (Å²) in [6, 6.07) is 1.86. The molecule has 0 aromatic heterocycles. The number of nitrogens with two attached hydrogens (primary N) is 1. The topological polar surface area (TPSA) is 60.6 Å². The molecule has 1 aliphatic rings. The van der Waals surface area contributed by atoms with Crippen molar-refractivity contribution < 1.29 is 10.4 Å². The van der Waals surface area contributed by atoms with E-state index in [2.05, 4.69) is 0 Å². The van der Waals surface area contributed by atoms with Gasteiger partial charge in [-0.3, -0.25) is 0 Å². The molecule has 1 unspecified atom stereocenters. The van der Waals surface area contributed by atoms with Gasteiger partial charge in [0.2, 0.25) is 5.60 Å². The van der Waals surface area contributed by atoms with Gasteiger partial charge in [-0.15, -0.1) is 0 Å². The number of aliphatic hydroxyl groups is 1. The van der Waals surface area contributed by atoms with Gasteiger partial charge in [-0.1, -0.05) is 0 Å². The number of hydrogen-bond donors (Lipinski definition) is 2. The summed E-state index contributed by atoms with van der Waals surface area (Å²) in [5.41, 5.74) is -1.01. The maximum atomic E-state index is 9.11. The first-order chi connectivity index (χ1) is 3.77. The molecule has 3 heteroatoms. The van der Waals surface area contributed by atoms with Crippen molar-refractivity contribution in [3.05, 3.63) is 0 Å². The average molecular weight is 113 g/mol. The molecule has 0 aliphatic carbocycles. The first kappa shape index (κ1) is 5.54. The minimum absolute atomic E-state index is 0.545. The van der Waals surface area contributed by atoms with E-state index >= 15 is 0 Å². The fourth-order valence-corrected chi connectivity index (χ4v) is 0.885. The van der Waals surface area contributed by atoms with Crippen molar-refractivity contribution in [1.29, 1.82) is 5.26 Å². The van der Waals surface area contributed by atoms with Gasteiger partial charge in [-0.05, 0) is 0 Å². The first-order valence-electron chi connectivity index (χ1n) is 2.72. The van der Waals surface area contributed by atoms with Crippen LogP contribution in [0.25, 0.3) is 0 Å². The summed E-state index contributed by atoms with van der Waals surface area (Å²) in [5, 5.41) is 19.4. The van der Waals surface area contributed by atoms with Gasteiger partial charge < -0.3 is 10.4 Å². The first-order valence-corrected chi connectivity index (χ1v) is 2.72. The second-order valence-electron chi connectivity index (χ2n) is 2.17. The Morgan fingerprint density at radius 1 is 1.75 bits per heavy atom. The lowest BCUT2D eigenvalue weighted by Gasteiger charge is -2.04. The van der Waals surface area contributed by atoms with Crippen molar-refractivity contribution >= 4 is 0 Å². The van der Waals surface area contributed by atoms with E-state index in [4.69, 9.17) is 10.4 Å². The molecule has 0 amide bonds. The predicted octanol–water partition coefficient (Wildman–Crippen LogP) is -1.79. The molecule has 3 nitrogen and oxygen atoms in total. The second-order valence-corrected chi connectivity index (χ2v) is 2.17. The summed E-state index contributed by atoms with van der Waals surface area (Å²) < 4.78 is 0. The summed E-state index contributed by atoms with van der Waals surface area (Å²) in [5.74, 6) is 0. The van der Waals surface area contributed by atoms with Gasteiger partial charge in [0, 0.05) is 6.42 Å². The number of rotatable bonds is 0. The zero-order valence-corrected chi connectivity index (χ0v) is 4.59. The molecule has 1 aliphatic heterocycles. The summed E-state index contributed by atoms with van der Waals surface area (Å²) in [6.07, 6.45) is 0.615. The molecular weight excluding hydrogens is 104 g/mol. The van der Waals surface area contributed by atoms with Gasteiger partial charge in [0.05, 0.1) is 6.54 Å². The van der Waals surface area contributed by atoms with Gasteiger partial charge >= 0.3 is 0 Å². The van der Waals surface area contributed by atoms with E-state index in [1.807, 2.05) is 11.4 Å². The number of hydrogen-bond acceptors (Lipinski definition) is 2. The van der Waals surface area contributed by atoms with E-state index in [1.165, 1.54) is 0 Å². The lowest BCUT2D eigenvalue weighted by molar-refractivity contribution is -0.640. The van der Waals surface area contributed by atoms with Crippen molar-refractivity contribution in [2.24, 2.45) is 0 Å². The second kappa shape index (κ2) is 1.73. The van der Waals surface area contributed by atoms with Crippen LogP contribution in [-0.4, -0.2) is 23.8 Å². The largest absolute Gasteiger partial charge is 0.371 e. The molecule has 1 heterocycles. The van der Waals surface area contributed by atoms with Crippen LogP contribution in [0.3, 0.4) is 0 Å². The Morgan fingerprint density at radius 2 is 2.50 bits per heavy atom. The monoisotopic (exact) mass is 113 g/mol. The Balaban J connectivity index is 2.56. The fourth-order valence-electron chi connectivity index (χ4n) is 0.885. The molecule has 0 aromatic rings. The quantitative estimate of drug-likeness (QED) is 0.364. The SMILES string of the molecule is N#CC1(O)CC[NH2+]C1. The summed E-state index contributed by atoms with van der Waals surface area (Å²) in [7, 11) is 0. The highest BCUT2D eigenvalue weighted by molar-refractivity contribution is 5.00. The molecule has 0 bridgehead atoms. The molecule has 0 spiro atoms. The van der Waals surface area contributed by atoms with E-state index in [1.54, 1.807) is 0 Å². The van der Waals surface area contributed by atoms with Crippen LogP contribution in [0.15, 0.2) is 0 Å². The minimum Gasteiger partial charge on any atom is -0.371 e. The van der Waals surface area contributed by atoms with Crippen LogP contribution in [0.5, 0.6) is 0 Å². The van der Waals surface area contributed by atoms with Crippen LogP contribution in [0, 0.1) is 11.3 Å². The lowest BCUT2D eigenvalue weighted by Crippen LogP contribution is -2.82. The molecule has 1 rings (SSSR count). The zero-order valence-electron chi connectivity index (χ0n) is 4.59. The molecule has 0 radical (unpaired) electrons. The van der Waals surface area contributed by atoms with Gasteiger partial charge in [-0.2, -0.15) is 5.26 Å². The zero-order chi connectivity index (χ0) is 6.04. The van der Waals surface area contributed by atoms with Crippen LogP contribution in [0.1, 0.15) is 6.42 Å². The Hall–Kier alpha value is -0.590. The minimum atomic E-state index is -1.01. The average Bonchev–Trinajstić information content (AvgIpc) is 2.17. The van der Waals surface area contributed by atoms with Crippen LogP contribution < -0.4 is 5.32 Å². The third kappa shape index (κ3) is 0.808. The molecule has 44 valence electrons. The van der Waals surface area contributed by atoms with Crippen LogP contribution in [-0.2, 0) is 0 Å². The Morgan fingerprint density at radius 3 is 2.75 bits per heavy atom. The highest BCUT2D eigenvalue weighted by atomic mass is 16.3. The Labute approximate surface area is 47.9 Å². The van der Waals surface area contributed by atoms with E-state index < -0.39 is 5.60 Å².